The summed E-state index contributed by atoms with van der Waals surface area (Å²) in [6.45, 7) is 1.52. The van der Waals surface area contributed by atoms with Crippen molar-refractivity contribution in [3.05, 3.63) is 16.3 Å². The van der Waals surface area contributed by atoms with Crippen LogP contribution in [0.1, 0.15) is 0 Å². The molecule has 0 atom stereocenters. The van der Waals surface area contributed by atoms with Crippen LogP contribution in [0.4, 0.5) is 5.82 Å². The van der Waals surface area contributed by atoms with Crippen molar-refractivity contribution in [3.63, 3.8) is 0 Å². The lowest BCUT2D eigenvalue weighted by molar-refractivity contribution is -0.389. The topological polar surface area (TPSA) is 111 Å². The molecular weight excluding hydrogens is 244 g/mol. The van der Waals surface area contributed by atoms with Gasteiger partial charge in [0.2, 0.25) is 0 Å². The highest BCUT2D eigenvalue weighted by atomic mass is 16.6. The average molecular weight is 256 g/mol. The first-order chi connectivity index (χ1) is 8.56. The molecule has 1 aliphatic heterocycles. The normalized spacial score (nSPS) is 16.2. The minimum absolute atomic E-state index is 0.0739. The summed E-state index contributed by atoms with van der Waals surface area (Å²) in [7, 11) is 0. The van der Waals surface area contributed by atoms with Crippen LogP contribution in [0, 0.1) is 10.1 Å². The molecule has 9 heteroatoms. The Morgan fingerprint density at radius 1 is 1.56 bits per heavy atom. The molecule has 0 unspecified atom stereocenters. The van der Waals surface area contributed by atoms with Gasteiger partial charge in [-0.15, -0.1) is 0 Å². The minimum atomic E-state index is -0.910. The summed E-state index contributed by atoms with van der Waals surface area (Å²) >= 11 is 0. The highest BCUT2D eigenvalue weighted by Crippen LogP contribution is 2.18. The van der Waals surface area contributed by atoms with Gasteiger partial charge in [-0.1, -0.05) is 0 Å². The third-order valence-corrected chi connectivity index (χ3v) is 2.57. The maximum absolute atomic E-state index is 10.6. The molecule has 18 heavy (non-hydrogen) atoms. The number of carbonyl (C=O) groups is 1. The lowest BCUT2D eigenvalue weighted by Crippen LogP contribution is -2.37. The number of imidazole rings is 1. The van der Waals surface area contributed by atoms with Gasteiger partial charge < -0.3 is 20.0 Å². The number of rotatable bonds is 3. The van der Waals surface area contributed by atoms with E-state index in [0.29, 0.717) is 19.6 Å². The number of ether oxygens (including phenoxy) is 1. The Morgan fingerprint density at radius 2 is 2.33 bits per heavy atom. The van der Waals surface area contributed by atoms with E-state index in [4.69, 9.17) is 9.84 Å². The fourth-order valence-corrected chi connectivity index (χ4v) is 1.73. The maximum atomic E-state index is 10.6. The first-order valence-electron chi connectivity index (χ1n) is 5.35. The van der Waals surface area contributed by atoms with Gasteiger partial charge in [0.25, 0.3) is 0 Å². The number of aliphatic carboxylic acids is 1. The van der Waals surface area contributed by atoms with Crippen LogP contribution in [0.25, 0.3) is 0 Å². The number of hydrogen-bond donors (Lipinski definition) is 1. The van der Waals surface area contributed by atoms with E-state index in [0.717, 1.165) is 0 Å². The van der Waals surface area contributed by atoms with E-state index < -0.39 is 10.9 Å². The second-order valence-corrected chi connectivity index (χ2v) is 3.85. The highest BCUT2D eigenvalue weighted by molar-refractivity contribution is 5.69. The summed E-state index contributed by atoms with van der Waals surface area (Å²) < 4.78 is 6.80. The third kappa shape index (κ3) is 2.74. The quantitative estimate of drug-likeness (QED) is 0.577. The smallest absolute Gasteiger partial charge is 0.414 e. The van der Waals surface area contributed by atoms with Gasteiger partial charge in [-0.05, 0) is 4.92 Å². The largest absolute Gasteiger partial charge is 0.480 e. The molecule has 0 bridgehead atoms. The van der Waals surface area contributed by atoms with Crippen molar-refractivity contribution >= 4 is 11.8 Å². The van der Waals surface area contributed by atoms with Crippen LogP contribution in [0.5, 0.6) is 6.01 Å². The van der Waals surface area contributed by atoms with E-state index in [-0.39, 0.29) is 25.0 Å². The van der Waals surface area contributed by atoms with Crippen LogP contribution in [0.2, 0.25) is 0 Å². The summed E-state index contributed by atoms with van der Waals surface area (Å²) in [5.74, 6) is -1.18. The van der Waals surface area contributed by atoms with Crippen molar-refractivity contribution in [2.75, 3.05) is 26.2 Å². The summed E-state index contributed by atoms with van der Waals surface area (Å²) in [5.41, 5.74) is 0. The Hall–Kier alpha value is -2.16. The Labute approximate surface area is 102 Å². The Balaban J connectivity index is 2.09. The van der Waals surface area contributed by atoms with Crippen LogP contribution >= 0.6 is 0 Å². The van der Waals surface area contributed by atoms with Gasteiger partial charge in [0.05, 0.1) is 6.54 Å². The lowest BCUT2D eigenvalue weighted by atomic mass is 10.4. The van der Waals surface area contributed by atoms with Gasteiger partial charge in [0.15, 0.2) is 0 Å². The number of nitrogens with zero attached hydrogens (tertiary/aromatic N) is 4. The van der Waals surface area contributed by atoms with Crippen LogP contribution in [-0.2, 0) is 11.3 Å². The number of carboxylic acid groups (broad SMARTS) is 1. The van der Waals surface area contributed by atoms with Gasteiger partial charge in [0, 0.05) is 24.6 Å². The first kappa shape index (κ1) is 12.3. The number of aromatic nitrogens is 2. The van der Waals surface area contributed by atoms with Gasteiger partial charge in [0.1, 0.15) is 12.8 Å². The summed E-state index contributed by atoms with van der Waals surface area (Å²) in [5, 5.41) is 19.3. The molecule has 98 valence electrons. The number of hydrogen-bond acceptors (Lipinski definition) is 6. The molecule has 1 aromatic heterocycles. The van der Waals surface area contributed by atoms with Crippen LogP contribution in [-0.4, -0.2) is 56.7 Å². The van der Waals surface area contributed by atoms with E-state index in [1.54, 1.807) is 4.90 Å². The van der Waals surface area contributed by atoms with E-state index in [1.165, 1.54) is 10.8 Å². The monoisotopic (exact) mass is 256 g/mol. The zero-order valence-corrected chi connectivity index (χ0v) is 9.48. The molecule has 0 saturated carbocycles. The zero-order valence-electron chi connectivity index (χ0n) is 9.48. The molecule has 1 aliphatic rings. The number of carboxylic acids is 1. The summed E-state index contributed by atoms with van der Waals surface area (Å²) in [6, 6.07) is 0.205. The fraction of sp³-hybridized carbons (Fsp3) is 0.556. The van der Waals surface area contributed by atoms with E-state index >= 15 is 0 Å². The number of fused-ring (bicyclic) bond motifs is 1. The lowest BCUT2D eigenvalue weighted by Gasteiger charge is -2.22. The molecular formula is C9H12N4O5. The molecule has 0 saturated heterocycles. The maximum Gasteiger partial charge on any atom is 0.414 e. The van der Waals surface area contributed by atoms with E-state index in [1.807, 2.05) is 0 Å². The Morgan fingerprint density at radius 3 is 3.00 bits per heavy atom. The molecule has 1 N–H and O–H groups in total. The average Bonchev–Trinajstić information content (AvgIpc) is 2.65. The van der Waals surface area contributed by atoms with Crippen LogP contribution in [0.15, 0.2) is 6.20 Å². The predicted molar refractivity (Wildman–Crippen MR) is 58.5 cm³/mol. The van der Waals surface area contributed by atoms with Crippen molar-refractivity contribution in [2.24, 2.45) is 0 Å². The first-order valence-corrected chi connectivity index (χ1v) is 5.35. The molecule has 0 radical (unpaired) electrons. The zero-order chi connectivity index (χ0) is 13.1. The second-order valence-electron chi connectivity index (χ2n) is 3.85. The molecule has 2 heterocycles. The van der Waals surface area contributed by atoms with Gasteiger partial charge in [-0.3, -0.25) is 14.3 Å². The van der Waals surface area contributed by atoms with Crippen LogP contribution < -0.4 is 4.74 Å². The predicted octanol–water partition coefficient (Wildman–Crippen LogP) is -0.430. The van der Waals surface area contributed by atoms with Crippen molar-refractivity contribution in [2.45, 2.75) is 6.54 Å². The molecule has 0 spiro atoms. The SMILES string of the molecule is O=C(O)CN1CCOc2nc([N+](=O)[O-])cn2CC1. The molecule has 0 amide bonds. The van der Waals surface area contributed by atoms with E-state index in [9.17, 15) is 14.9 Å². The van der Waals surface area contributed by atoms with Gasteiger partial charge >= 0.3 is 17.8 Å². The molecule has 2 rings (SSSR count). The van der Waals surface area contributed by atoms with E-state index in [2.05, 4.69) is 4.98 Å². The van der Waals surface area contributed by atoms with Gasteiger partial charge in [-0.25, -0.2) is 0 Å². The molecule has 9 nitrogen and oxygen atoms in total. The Kier molecular flexibility index (Phi) is 3.42. The fourth-order valence-electron chi connectivity index (χ4n) is 1.73. The standard InChI is InChI=1S/C9H12N4O5/c14-8(15)6-11-1-2-12-5-7(13(16)17)10-9(12)18-4-3-11/h5H,1-4,6H2,(H,14,15). The third-order valence-electron chi connectivity index (χ3n) is 2.57. The summed E-state index contributed by atoms with van der Waals surface area (Å²) in [4.78, 5) is 26.1. The minimum Gasteiger partial charge on any atom is -0.480 e. The summed E-state index contributed by atoms with van der Waals surface area (Å²) in [6.07, 6.45) is 1.29. The van der Waals surface area contributed by atoms with Crippen molar-refractivity contribution in [1.29, 1.82) is 0 Å². The molecule has 0 fully saturated rings. The number of nitro groups is 1. The Bertz CT molecular complexity index is 472. The van der Waals surface area contributed by atoms with Crippen molar-refractivity contribution < 1.29 is 19.6 Å². The molecule has 0 aliphatic carbocycles. The molecule has 1 aromatic rings. The highest BCUT2D eigenvalue weighted by Gasteiger charge is 2.23. The van der Waals surface area contributed by atoms with Crippen molar-refractivity contribution in [1.82, 2.24) is 14.5 Å². The van der Waals surface area contributed by atoms with Gasteiger partial charge in [-0.2, -0.15) is 0 Å². The van der Waals surface area contributed by atoms with Crippen molar-refractivity contribution in [3.8, 4) is 6.01 Å². The van der Waals surface area contributed by atoms with Crippen LogP contribution in [0.3, 0.4) is 0 Å². The second kappa shape index (κ2) is 5.00. The molecule has 0 aromatic carbocycles.